The maximum atomic E-state index is 6.71. The maximum absolute atomic E-state index is 6.71. The van der Waals surface area contributed by atoms with Crippen LogP contribution in [0, 0.1) is 0 Å². The summed E-state index contributed by atoms with van der Waals surface area (Å²) in [6.07, 6.45) is 0. The van der Waals surface area contributed by atoms with Gasteiger partial charge in [0.15, 0.2) is 5.58 Å². The number of fused-ring (bicyclic) bond motifs is 6. The largest absolute Gasteiger partial charge is 0.454 e. The molecule has 0 atom stereocenters. The predicted octanol–water partition coefficient (Wildman–Crippen LogP) is 17.7. The van der Waals surface area contributed by atoms with E-state index in [0.717, 1.165) is 55.7 Å². The number of para-hydroxylation sites is 2. The van der Waals surface area contributed by atoms with Crippen LogP contribution in [0.5, 0.6) is 0 Å². The molecule has 1 heterocycles. The first-order chi connectivity index (χ1) is 31.7. The third-order valence-corrected chi connectivity index (χ3v) is 12.7. The van der Waals surface area contributed by atoms with Crippen molar-refractivity contribution in [2.75, 3.05) is 4.90 Å². The summed E-state index contributed by atoms with van der Waals surface area (Å²) >= 11 is 0. The number of rotatable bonds is 8. The van der Waals surface area contributed by atoms with Gasteiger partial charge < -0.3 is 9.32 Å². The van der Waals surface area contributed by atoms with Crippen LogP contribution in [-0.2, 0) is 0 Å². The van der Waals surface area contributed by atoms with Gasteiger partial charge in [-0.25, -0.2) is 0 Å². The molecule has 0 bridgehead atoms. The predicted molar refractivity (Wildman–Crippen MR) is 271 cm³/mol. The van der Waals surface area contributed by atoms with Crippen LogP contribution in [0.1, 0.15) is 0 Å². The third-order valence-electron chi connectivity index (χ3n) is 12.7. The smallest absolute Gasteiger partial charge is 0.159 e. The number of hydrogen-bond acceptors (Lipinski definition) is 2. The lowest BCUT2D eigenvalue weighted by atomic mass is 9.84. The van der Waals surface area contributed by atoms with Crippen LogP contribution < -0.4 is 4.90 Å². The van der Waals surface area contributed by atoms with Crippen LogP contribution in [0.3, 0.4) is 0 Å². The van der Waals surface area contributed by atoms with Gasteiger partial charge in [-0.05, 0) is 120 Å². The Balaban J connectivity index is 1.02. The van der Waals surface area contributed by atoms with Crippen LogP contribution in [0.2, 0.25) is 0 Å². The van der Waals surface area contributed by atoms with E-state index in [9.17, 15) is 0 Å². The van der Waals surface area contributed by atoms with Gasteiger partial charge in [0.2, 0.25) is 0 Å². The first kappa shape index (κ1) is 37.3. The molecule has 0 N–H and O–H groups in total. The molecular weight excluding hydrogens is 775 g/mol. The molecule has 2 heteroatoms. The van der Waals surface area contributed by atoms with E-state index in [1.165, 1.54) is 60.5 Å². The highest BCUT2D eigenvalue weighted by molar-refractivity contribution is 6.22. The molecule has 300 valence electrons. The van der Waals surface area contributed by atoms with Gasteiger partial charge in [0.1, 0.15) is 5.58 Å². The summed E-state index contributed by atoms with van der Waals surface area (Å²) in [7, 11) is 0. The molecule has 0 fully saturated rings. The van der Waals surface area contributed by atoms with Crippen molar-refractivity contribution >= 4 is 60.5 Å². The summed E-state index contributed by atoms with van der Waals surface area (Å²) < 4.78 is 6.71. The van der Waals surface area contributed by atoms with Crippen molar-refractivity contribution in [2.45, 2.75) is 0 Å². The van der Waals surface area contributed by atoms with Crippen LogP contribution in [0.4, 0.5) is 17.1 Å². The SMILES string of the molecule is c1ccc(-c2ccc(-c3ccc(N(c4cccc(-c5ccc6c(c5)c(-c5ccccc5)c(-c5ccccc5)c5ccccc56)c4)c4cccc5c4oc4ccccc45)cc3)cc2)cc1. The molecule has 1 aromatic heterocycles. The highest BCUT2D eigenvalue weighted by atomic mass is 16.3. The summed E-state index contributed by atoms with van der Waals surface area (Å²) in [6.45, 7) is 0. The number of anilines is 3. The fourth-order valence-corrected chi connectivity index (χ4v) is 9.63. The molecule has 0 saturated carbocycles. The minimum Gasteiger partial charge on any atom is -0.454 e. The van der Waals surface area contributed by atoms with E-state index < -0.39 is 0 Å². The molecule has 0 amide bonds. The lowest BCUT2D eigenvalue weighted by Crippen LogP contribution is -2.10. The van der Waals surface area contributed by atoms with Gasteiger partial charge in [0.05, 0.1) is 5.69 Å². The Labute approximate surface area is 372 Å². The average Bonchev–Trinajstić information content (AvgIpc) is 3.77. The molecule has 0 radical (unpaired) electrons. The van der Waals surface area contributed by atoms with Crippen molar-refractivity contribution in [1.82, 2.24) is 0 Å². The van der Waals surface area contributed by atoms with Crippen molar-refractivity contribution in [1.29, 1.82) is 0 Å². The number of furan rings is 1. The highest BCUT2D eigenvalue weighted by Crippen LogP contribution is 2.47. The van der Waals surface area contributed by atoms with E-state index in [-0.39, 0.29) is 0 Å². The van der Waals surface area contributed by atoms with Crippen molar-refractivity contribution in [3.05, 3.63) is 249 Å². The molecule has 0 aliphatic carbocycles. The fourth-order valence-electron chi connectivity index (χ4n) is 9.63. The van der Waals surface area contributed by atoms with Crippen molar-refractivity contribution < 1.29 is 4.42 Å². The molecule has 0 aliphatic rings. The van der Waals surface area contributed by atoms with Gasteiger partial charge in [-0.3, -0.25) is 0 Å². The van der Waals surface area contributed by atoms with Crippen molar-refractivity contribution in [3.63, 3.8) is 0 Å². The van der Waals surface area contributed by atoms with Crippen molar-refractivity contribution in [2.24, 2.45) is 0 Å². The lowest BCUT2D eigenvalue weighted by molar-refractivity contribution is 0.669. The second-order valence-electron chi connectivity index (χ2n) is 16.4. The topological polar surface area (TPSA) is 16.4 Å². The summed E-state index contributed by atoms with van der Waals surface area (Å²) in [5, 5.41) is 7.16. The number of benzene rings is 11. The lowest BCUT2D eigenvalue weighted by Gasteiger charge is -2.26. The molecular formula is C62H41NO. The van der Waals surface area contributed by atoms with E-state index in [2.05, 4.69) is 248 Å². The quantitative estimate of drug-likeness (QED) is 0.142. The van der Waals surface area contributed by atoms with Crippen LogP contribution >= 0.6 is 0 Å². The summed E-state index contributed by atoms with van der Waals surface area (Å²) in [4.78, 5) is 2.34. The second-order valence-corrected chi connectivity index (χ2v) is 16.4. The van der Waals surface area contributed by atoms with E-state index in [4.69, 9.17) is 4.42 Å². The normalized spacial score (nSPS) is 11.4. The Hall–Kier alpha value is -8.46. The summed E-state index contributed by atoms with van der Waals surface area (Å²) in [5.74, 6) is 0. The summed E-state index contributed by atoms with van der Waals surface area (Å²) in [6, 6.07) is 89.6. The van der Waals surface area contributed by atoms with Gasteiger partial charge in [-0.2, -0.15) is 0 Å². The molecule has 0 unspecified atom stereocenters. The number of nitrogens with zero attached hydrogens (tertiary/aromatic N) is 1. The van der Waals surface area contributed by atoms with E-state index >= 15 is 0 Å². The monoisotopic (exact) mass is 815 g/mol. The molecule has 2 nitrogen and oxygen atoms in total. The Bertz CT molecular complexity index is 3630. The van der Waals surface area contributed by atoms with Gasteiger partial charge in [-0.15, -0.1) is 0 Å². The molecule has 11 aromatic carbocycles. The minimum absolute atomic E-state index is 0.855. The molecule has 12 aromatic rings. The Morgan fingerprint density at radius 1 is 0.250 bits per heavy atom. The van der Waals surface area contributed by atoms with Crippen LogP contribution in [0.15, 0.2) is 253 Å². The zero-order valence-corrected chi connectivity index (χ0v) is 35.0. The zero-order chi connectivity index (χ0) is 42.4. The van der Waals surface area contributed by atoms with E-state index in [1.807, 2.05) is 6.07 Å². The maximum Gasteiger partial charge on any atom is 0.159 e. The molecule has 64 heavy (non-hydrogen) atoms. The van der Waals surface area contributed by atoms with Crippen LogP contribution in [0.25, 0.3) is 99.1 Å². The Morgan fingerprint density at radius 2 is 0.703 bits per heavy atom. The third kappa shape index (κ3) is 6.52. The van der Waals surface area contributed by atoms with Gasteiger partial charge in [-0.1, -0.05) is 206 Å². The first-order valence-corrected chi connectivity index (χ1v) is 21.9. The van der Waals surface area contributed by atoms with Crippen molar-refractivity contribution in [3.8, 4) is 55.6 Å². The Kier molecular flexibility index (Phi) is 9.20. The number of hydrogen-bond donors (Lipinski definition) is 0. The minimum atomic E-state index is 0.855. The molecule has 0 spiro atoms. The molecule has 0 aliphatic heterocycles. The fraction of sp³-hybridized carbons (Fsp3) is 0. The first-order valence-electron chi connectivity index (χ1n) is 21.9. The van der Waals surface area contributed by atoms with E-state index in [0.29, 0.717) is 0 Å². The average molecular weight is 816 g/mol. The summed E-state index contributed by atoms with van der Waals surface area (Å²) in [5.41, 5.74) is 16.7. The van der Waals surface area contributed by atoms with Gasteiger partial charge in [0.25, 0.3) is 0 Å². The standard InChI is InChI=1S/C62H41NO/c1-4-16-42(17-5-1)43-30-32-44(33-31-43)45-34-37-50(38-35-45)63(58-28-15-27-56-54-25-12-13-29-59(54)64-62(56)58)51-23-14-22-48(40-51)49-36-39-53-52-24-10-11-26-55(52)60(46-18-6-2-7-19-46)61(57(53)41-49)47-20-8-3-9-21-47/h1-41H. The second kappa shape index (κ2) is 15.8. The molecule has 12 rings (SSSR count). The Morgan fingerprint density at radius 3 is 1.38 bits per heavy atom. The van der Waals surface area contributed by atoms with E-state index in [1.54, 1.807) is 0 Å². The van der Waals surface area contributed by atoms with Gasteiger partial charge >= 0.3 is 0 Å². The highest BCUT2D eigenvalue weighted by Gasteiger charge is 2.22. The zero-order valence-electron chi connectivity index (χ0n) is 35.0. The van der Waals surface area contributed by atoms with Gasteiger partial charge in [0, 0.05) is 22.1 Å². The molecule has 0 saturated heterocycles. The van der Waals surface area contributed by atoms with Crippen LogP contribution in [-0.4, -0.2) is 0 Å².